The van der Waals surface area contributed by atoms with Gasteiger partial charge in [-0.1, -0.05) is 18.2 Å². The van der Waals surface area contributed by atoms with Crippen LogP contribution in [-0.2, 0) is 11.3 Å². The second-order valence-electron chi connectivity index (χ2n) is 6.54. The van der Waals surface area contributed by atoms with E-state index in [2.05, 4.69) is 5.32 Å². The van der Waals surface area contributed by atoms with Crippen molar-refractivity contribution in [3.63, 3.8) is 0 Å². The molecule has 0 aliphatic heterocycles. The maximum Gasteiger partial charge on any atom is 0.223 e. The molecule has 1 N–H and O–H groups in total. The third kappa shape index (κ3) is 1.75. The van der Waals surface area contributed by atoms with Crippen LogP contribution in [0.3, 0.4) is 0 Å². The van der Waals surface area contributed by atoms with Gasteiger partial charge < -0.3 is 10.1 Å². The number of carbonyl (C=O) groups excluding carboxylic acids is 1. The summed E-state index contributed by atoms with van der Waals surface area (Å²) in [5.74, 6) is 4.57. The molecule has 5 atom stereocenters. The topological polar surface area (TPSA) is 38.3 Å². The summed E-state index contributed by atoms with van der Waals surface area (Å²) in [6, 6.07) is 7.88. The molecule has 0 radical (unpaired) electrons. The van der Waals surface area contributed by atoms with Crippen molar-refractivity contribution in [3.8, 4) is 5.75 Å². The maximum atomic E-state index is 12.4. The molecule has 3 nitrogen and oxygen atoms in total. The average Bonchev–Trinajstić information content (AvgIpc) is 2.93. The van der Waals surface area contributed by atoms with Gasteiger partial charge in [0, 0.05) is 18.0 Å². The summed E-state index contributed by atoms with van der Waals surface area (Å²) in [5.41, 5.74) is 1.05. The quantitative estimate of drug-likeness (QED) is 0.914. The number of ether oxygens (including phenoxy) is 1. The van der Waals surface area contributed by atoms with E-state index in [1.165, 1.54) is 19.3 Å². The first-order valence-electron chi connectivity index (χ1n) is 7.69. The van der Waals surface area contributed by atoms with Crippen molar-refractivity contribution in [3.05, 3.63) is 29.8 Å². The molecule has 3 fully saturated rings. The Balaban J connectivity index is 1.38. The fourth-order valence-corrected chi connectivity index (χ4v) is 4.82. The van der Waals surface area contributed by atoms with Gasteiger partial charge in [-0.25, -0.2) is 0 Å². The molecule has 1 aromatic carbocycles. The number of benzene rings is 1. The lowest BCUT2D eigenvalue weighted by Crippen LogP contribution is -2.27. The fourth-order valence-electron chi connectivity index (χ4n) is 4.82. The van der Waals surface area contributed by atoms with Crippen molar-refractivity contribution in [1.82, 2.24) is 5.32 Å². The number of amides is 1. The highest BCUT2D eigenvalue weighted by molar-refractivity contribution is 5.82. The zero-order chi connectivity index (χ0) is 13.7. The zero-order valence-electron chi connectivity index (χ0n) is 11.8. The first kappa shape index (κ1) is 12.2. The minimum Gasteiger partial charge on any atom is -0.496 e. The van der Waals surface area contributed by atoms with E-state index >= 15 is 0 Å². The molecular formula is C17H21NO2. The highest BCUT2D eigenvalue weighted by Crippen LogP contribution is 2.69. The molecule has 3 aliphatic rings. The van der Waals surface area contributed by atoms with Gasteiger partial charge in [-0.3, -0.25) is 4.79 Å². The van der Waals surface area contributed by atoms with Crippen LogP contribution in [0.2, 0.25) is 0 Å². The Bertz CT molecular complexity index is 526. The number of para-hydroxylation sites is 1. The number of methoxy groups -OCH3 is 1. The molecule has 1 aromatic rings. The normalized spacial score (nSPS) is 36.5. The average molecular weight is 271 g/mol. The molecule has 3 aliphatic carbocycles. The molecule has 4 rings (SSSR count). The molecule has 3 saturated carbocycles. The van der Waals surface area contributed by atoms with Gasteiger partial charge in [-0.2, -0.15) is 0 Å². The summed E-state index contributed by atoms with van der Waals surface area (Å²) in [4.78, 5) is 12.4. The number of rotatable bonds is 4. The second-order valence-corrected chi connectivity index (χ2v) is 6.54. The monoisotopic (exact) mass is 271 g/mol. The summed E-state index contributed by atoms with van der Waals surface area (Å²) in [7, 11) is 1.67. The van der Waals surface area contributed by atoms with Gasteiger partial charge in [0.15, 0.2) is 0 Å². The lowest BCUT2D eigenvalue weighted by molar-refractivity contribution is -0.123. The Hall–Kier alpha value is -1.51. The Labute approximate surface area is 119 Å². The number of hydrogen-bond donors (Lipinski definition) is 1. The van der Waals surface area contributed by atoms with Crippen molar-refractivity contribution in [2.24, 2.45) is 29.6 Å². The Morgan fingerprint density at radius 3 is 2.65 bits per heavy atom. The van der Waals surface area contributed by atoms with Gasteiger partial charge >= 0.3 is 0 Å². The predicted molar refractivity (Wildman–Crippen MR) is 76.1 cm³/mol. The Morgan fingerprint density at radius 2 is 1.95 bits per heavy atom. The second kappa shape index (κ2) is 4.51. The molecule has 3 heteroatoms. The van der Waals surface area contributed by atoms with Gasteiger partial charge in [0.2, 0.25) is 5.91 Å². The van der Waals surface area contributed by atoms with Crippen LogP contribution in [0.25, 0.3) is 0 Å². The van der Waals surface area contributed by atoms with Crippen molar-refractivity contribution in [2.75, 3.05) is 7.11 Å². The molecule has 0 saturated heterocycles. The van der Waals surface area contributed by atoms with Gasteiger partial charge in [0.05, 0.1) is 7.11 Å². The lowest BCUT2D eigenvalue weighted by Gasteiger charge is -2.11. The smallest absolute Gasteiger partial charge is 0.223 e. The van der Waals surface area contributed by atoms with Crippen LogP contribution in [0.5, 0.6) is 5.75 Å². The van der Waals surface area contributed by atoms with Crippen LogP contribution in [0, 0.1) is 29.6 Å². The van der Waals surface area contributed by atoms with Gasteiger partial charge in [0.25, 0.3) is 0 Å². The van der Waals surface area contributed by atoms with Gasteiger partial charge in [-0.05, 0) is 49.0 Å². The van der Waals surface area contributed by atoms with Crippen LogP contribution >= 0.6 is 0 Å². The summed E-state index contributed by atoms with van der Waals surface area (Å²) in [6.45, 7) is 0.578. The van der Waals surface area contributed by atoms with Gasteiger partial charge in [-0.15, -0.1) is 0 Å². The van der Waals surface area contributed by atoms with Crippen LogP contribution in [0.15, 0.2) is 24.3 Å². The van der Waals surface area contributed by atoms with Gasteiger partial charge in [0.1, 0.15) is 5.75 Å². The summed E-state index contributed by atoms with van der Waals surface area (Å²) < 4.78 is 5.32. The van der Waals surface area contributed by atoms with Crippen LogP contribution in [0.1, 0.15) is 24.8 Å². The first-order valence-corrected chi connectivity index (χ1v) is 7.69. The number of nitrogens with one attached hydrogen (secondary N) is 1. The lowest BCUT2D eigenvalue weighted by atomic mass is 10.0. The third-order valence-electron chi connectivity index (χ3n) is 5.68. The van der Waals surface area contributed by atoms with Crippen LogP contribution in [0.4, 0.5) is 0 Å². The summed E-state index contributed by atoms with van der Waals surface area (Å²) in [6.07, 6.45) is 4.12. The summed E-state index contributed by atoms with van der Waals surface area (Å²) in [5, 5.41) is 3.11. The Kier molecular flexibility index (Phi) is 2.76. The van der Waals surface area contributed by atoms with E-state index in [0.29, 0.717) is 24.3 Å². The minimum absolute atomic E-state index is 0.266. The fraction of sp³-hybridized carbons (Fsp3) is 0.588. The number of carbonyl (C=O) groups is 1. The van der Waals surface area contributed by atoms with E-state index in [-0.39, 0.29) is 5.91 Å². The van der Waals surface area contributed by atoms with E-state index < -0.39 is 0 Å². The SMILES string of the molecule is COc1ccccc1CNC(=O)C1[C@@H]2[C@H]3CC[C@@H](C3)[C@H]12. The maximum absolute atomic E-state index is 12.4. The van der Waals surface area contributed by atoms with E-state index in [4.69, 9.17) is 4.74 Å². The molecule has 106 valence electrons. The van der Waals surface area contributed by atoms with Crippen molar-refractivity contribution in [1.29, 1.82) is 0 Å². The van der Waals surface area contributed by atoms with Crippen LogP contribution < -0.4 is 10.1 Å². The number of fused-ring (bicyclic) bond motifs is 5. The highest BCUT2D eigenvalue weighted by Gasteiger charge is 2.67. The Morgan fingerprint density at radius 1 is 1.25 bits per heavy atom. The highest BCUT2D eigenvalue weighted by atomic mass is 16.5. The molecule has 0 spiro atoms. The largest absolute Gasteiger partial charge is 0.496 e. The first-order chi connectivity index (χ1) is 9.79. The summed E-state index contributed by atoms with van der Waals surface area (Å²) >= 11 is 0. The van der Waals surface area contributed by atoms with E-state index in [0.717, 1.165) is 23.1 Å². The minimum atomic E-state index is 0.266. The number of hydrogen-bond acceptors (Lipinski definition) is 2. The third-order valence-corrected chi connectivity index (χ3v) is 5.68. The van der Waals surface area contributed by atoms with Crippen molar-refractivity contribution >= 4 is 5.91 Å². The van der Waals surface area contributed by atoms with E-state index in [1.807, 2.05) is 24.3 Å². The van der Waals surface area contributed by atoms with E-state index in [9.17, 15) is 4.79 Å². The predicted octanol–water partition coefficient (Wildman–Crippen LogP) is 2.60. The molecule has 0 aromatic heterocycles. The molecule has 0 heterocycles. The molecule has 1 unspecified atom stereocenters. The van der Waals surface area contributed by atoms with Crippen molar-refractivity contribution in [2.45, 2.75) is 25.8 Å². The zero-order valence-corrected chi connectivity index (χ0v) is 11.8. The van der Waals surface area contributed by atoms with Crippen LogP contribution in [-0.4, -0.2) is 13.0 Å². The molecule has 20 heavy (non-hydrogen) atoms. The van der Waals surface area contributed by atoms with E-state index in [1.54, 1.807) is 7.11 Å². The molecule has 2 bridgehead atoms. The standard InChI is InChI=1S/C17H21NO2/c1-20-13-5-3-2-4-12(13)9-18-17(19)16-14-10-6-7-11(8-10)15(14)16/h2-5,10-11,14-16H,6-9H2,1H3,(H,18,19)/t10-,11-,14-,15+,16?/m0/s1. The molecule has 1 amide bonds. The molecular weight excluding hydrogens is 250 g/mol. The van der Waals surface area contributed by atoms with Crippen molar-refractivity contribution < 1.29 is 9.53 Å².